The number of hydrogen-bond acceptors (Lipinski definition) is 5. The van der Waals surface area contributed by atoms with Crippen LogP contribution in [0, 0.1) is 11.3 Å². The van der Waals surface area contributed by atoms with E-state index in [4.69, 9.17) is 10.5 Å². The largest absolute Gasteiger partial charge is 0.420 e. The average molecular weight is 315 g/mol. The minimum Gasteiger partial charge on any atom is -0.420 e. The number of nitriles is 1. The number of nitrogens with zero attached hydrogens (tertiary/aromatic N) is 3. The van der Waals surface area contributed by atoms with Gasteiger partial charge < -0.3 is 15.4 Å². The Morgan fingerprint density at radius 2 is 2.09 bits per heavy atom. The second-order valence-electron chi connectivity index (χ2n) is 6.51. The number of nitrogens with two attached hydrogens (primary N) is 1. The molecule has 2 aliphatic heterocycles. The van der Waals surface area contributed by atoms with Gasteiger partial charge in [-0.05, 0) is 45.3 Å². The van der Waals surface area contributed by atoms with E-state index in [0.717, 1.165) is 63.0 Å². The first kappa shape index (κ1) is 15.9. The molecule has 0 atom stereocenters. The van der Waals surface area contributed by atoms with Crippen LogP contribution in [0.1, 0.15) is 50.8 Å². The molecule has 0 unspecified atom stereocenters. The van der Waals surface area contributed by atoms with E-state index in [1.165, 1.54) is 0 Å². The van der Waals surface area contributed by atoms with Crippen molar-refractivity contribution in [1.82, 2.24) is 15.1 Å². The molecule has 1 fully saturated rings. The molecule has 0 radical (unpaired) electrons. The van der Waals surface area contributed by atoms with Gasteiger partial charge in [-0.3, -0.25) is 5.10 Å². The Balaban J connectivity index is 2.03. The summed E-state index contributed by atoms with van der Waals surface area (Å²) in [5.41, 5.74) is 8.46. The van der Waals surface area contributed by atoms with Gasteiger partial charge in [0.05, 0.1) is 0 Å². The maximum absolute atomic E-state index is 9.72. The first-order valence-electron chi connectivity index (χ1n) is 8.54. The van der Waals surface area contributed by atoms with Crippen molar-refractivity contribution in [3.05, 3.63) is 22.7 Å². The lowest BCUT2D eigenvalue weighted by Crippen LogP contribution is -2.46. The number of ether oxygens (including phenoxy) is 1. The summed E-state index contributed by atoms with van der Waals surface area (Å²) in [6.07, 6.45) is 4.86. The summed E-state index contributed by atoms with van der Waals surface area (Å²) in [6.45, 7) is 7.40. The van der Waals surface area contributed by atoms with Gasteiger partial charge in [0.15, 0.2) is 0 Å². The minimum atomic E-state index is -0.339. The Morgan fingerprint density at radius 1 is 1.35 bits per heavy atom. The minimum absolute atomic E-state index is 0.221. The van der Waals surface area contributed by atoms with Crippen LogP contribution in [0.3, 0.4) is 0 Å². The van der Waals surface area contributed by atoms with Crippen LogP contribution in [0.25, 0.3) is 0 Å². The highest BCUT2D eigenvalue weighted by Crippen LogP contribution is 2.50. The quantitative estimate of drug-likeness (QED) is 0.888. The second-order valence-corrected chi connectivity index (χ2v) is 6.51. The Hall–Kier alpha value is -2.00. The molecule has 1 aromatic rings. The molecule has 6 heteroatoms. The van der Waals surface area contributed by atoms with E-state index in [-0.39, 0.29) is 11.3 Å². The molecule has 0 amide bonds. The number of aryl methyl sites for hydroxylation is 1. The number of rotatable bonds is 4. The number of aromatic amines is 1. The van der Waals surface area contributed by atoms with Crippen LogP contribution in [0.15, 0.2) is 11.5 Å². The van der Waals surface area contributed by atoms with Crippen LogP contribution < -0.4 is 10.5 Å². The third kappa shape index (κ3) is 2.49. The van der Waals surface area contributed by atoms with Crippen molar-refractivity contribution in [2.75, 3.05) is 19.6 Å². The number of hydrogen-bond donors (Lipinski definition) is 2. The number of piperidine rings is 1. The van der Waals surface area contributed by atoms with Crippen LogP contribution in [-0.2, 0) is 11.8 Å². The number of H-pyrrole nitrogens is 1. The molecule has 3 N–H and O–H groups in total. The molecular formula is C17H25N5O. The van der Waals surface area contributed by atoms with E-state index in [1.54, 1.807) is 0 Å². The summed E-state index contributed by atoms with van der Waals surface area (Å²) in [5.74, 6) is 0.785. The number of aromatic nitrogens is 2. The molecule has 3 rings (SSSR count). The molecule has 0 saturated carbocycles. The van der Waals surface area contributed by atoms with Crippen molar-refractivity contribution >= 4 is 0 Å². The lowest BCUT2D eigenvalue weighted by molar-refractivity contribution is 0.168. The van der Waals surface area contributed by atoms with Crippen molar-refractivity contribution < 1.29 is 4.74 Å². The van der Waals surface area contributed by atoms with Gasteiger partial charge in [0, 0.05) is 16.7 Å². The predicted molar refractivity (Wildman–Crippen MR) is 87.7 cm³/mol. The van der Waals surface area contributed by atoms with Gasteiger partial charge >= 0.3 is 0 Å². The molecule has 6 nitrogen and oxygen atoms in total. The smallest absolute Gasteiger partial charge is 0.244 e. The van der Waals surface area contributed by atoms with Crippen LogP contribution in [0.4, 0.5) is 0 Å². The fourth-order valence-electron chi connectivity index (χ4n) is 4.01. The molecule has 23 heavy (non-hydrogen) atoms. The summed E-state index contributed by atoms with van der Waals surface area (Å²) in [7, 11) is 0. The van der Waals surface area contributed by atoms with E-state index in [2.05, 4.69) is 35.0 Å². The van der Waals surface area contributed by atoms with E-state index in [0.29, 0.717) is 11.5 Å². The third-order valence-corrected chi connectivity index (χ3v) is 5.08. The van der Waals surface area contributed by atoms with Crippen LogP contribution in [0.5, 0.6) is 5.88 Å². The molecular weight excluding hydrogens is 290 g/mol. The van der Waals surface area contributed by atoms with Gasteiger partial charge in [0.1, 0.15) is 11.6 Å². The number of likely N-dealkylation sites (tertiary alicyclic amines) is 1. The standard InChI is InChI=1S/C17H25N5O/c1-3-5-13-14-16(21-20-13)23-15(19)12(11-18)17(14)6-9-22(8-4-2)10-7-17/h3-10,19H2,1-2H3,(H,20,21). The normalized spacial score (nSPS) is 20.2. The van der Waals surface area contributed by atoms with Gasteiger partial charge in [0.2, 0.25) is 11.8 Å². The van der Waals surface area contributed by atoms with E-state index in [1.807, 2.05) is 0 Å². The van der Waals surface area contributed by atoms with E-state index < -0.39 is 0 Å². The lowest BCUT2D eigenvalue weighted by atomic mass is 9.66. The molecule has 0 aliphatic carbocycles. The van der Waals surface area contributed by atoms with Crippen LogP contribution in [-0.4, -0.2) is 34.7 Å². The summed E-state index contributed by atoms with van der Waals surface area (Å²) in [4.78, 5) is 2.46. The van der Waals surface area contributed by atoms with Crippen molar-refractivity contribution in [3.8, 4) is 11.9 Å². The van der Waals surface area contributed by atoms with Gasteiger partial charge in [-0.2, -0.15) is 5.26 Å². The number of nitrogens with one attached hydrogen (secondary N) is 1. The molecule has 3 heterocycles. The first-order valence-corrected chi connectivity index (χ1v) is 8.54. The summed E-state index contributed by atoms with van der Waals surface area (Å²) in [6, 6.07) is 2.33. The lowest BCUT2D eigenvalue weighted by Gasteiger charge is -2.43. The average Bonchev–Trinajstić information content (AvgIpc) is 2.94. The fourth-order valence-corrected chi connectivity index (χ4v) is 4.01. The Kier molecular flexibility index (Phi) is 4.31. The monoisotopic (exact) mass is 315 g/mol. The summed E-state index contributed by atoms with van der Waals surface area (Å²) >= 11 is 0. The predicted octanol–water partition coefficient (Wildman–Crippen LogP) is 2.19. The Labute approximate surface area is 137 Å². The maximum Gasteiger partial charge on any atom is 0.244 e. The Morgan fingerprint density at radius 3 is 2.70 bits per heavy atom. The SMILES string of the molecule is CCCc1[nH]nc2c1C1(CCN(CCC)CC1)C(C#N)=C(N)O2. The summed E-state index contributed by atoms with van der Waals surface area (Å²) < 4.78 is 5.64. The Bertz CT molecular complexity index is 646. The van der Waals surface area contributed by atoms with Gasteiger partial charge in [-0.1, -0.05) is 20.3 Å². The second kappa shape index (κ2) is 6.25. The first-order chi connectivity index (χ1) is 11.2. The highest BCUT2D eigenvalue weighted by molar-refractivity contribution is 5.54. The van der Waals surface area contributed by atoms with Crippen molar-refractivity contribution in [2.24, 2.45) is 5.73 Å². The maximum atomic E-state index is 9.72. The third-order valence-electron chi connectivity index (χ3n) is 5.08. The molecule has 2 aliphatic rings. The van der Waals surface area contributed by atoms with Crippen LogP contribution >= 0.6 is 0 Å². The van der Waals surface area contributed by atoms with Gasteiger partial charge in [0.25, 0.3) is 0 Å². The molecule has 1 saturated heterocycles. The zero-order valence-electron chi connectivity index (χ0n) is 14.0. The molecule has 1 spiro atoms. The van der Waals surface area contributed by atoms with Crippen LogP contribution in [0.2, 0.25) is 0 Å². The van der Waals surface area contributed by atoms with Gasteiger partial charge in [-0.15, -0.1) is 5.10 Å². The summed E-state index contributed by atoms with van der Waals surface area (Å²) in [5, 5.41) is 17.1. The van der Waals surface area contributed by atoms with E-state index in [9.17, 15) is 5.26 Å². The number of allylic oxidation sites excluding steroid dienone is 1. The molecule has 1 aromatic heterocycles. The van der Waals surface area contributed by atoms with Crippen molar-refractivity contribution in [3.63, 3.8) is 0 Å². The van der Waals surface area contributed by atoms with Crippen molar-refractivity contribution in [2.45, 2.75) is 51.4 Å². The fraction of sp³-hybridized carbons (Fsp3) is 0.647. The molecule has 0 aromatic carbocycles. The van der Waals surface area contributed by atoms with Crippen molar-refractivity contribution in [1.29, 1.82) is 5.26 Å². The van der Waals surface area contributed by atoms with E-state index >= 15 is 0 Å². The highest BCUT2D eigenvalue weighted by Gasteiger charge is 2.48. The van der Waals surface area contributed by atoms with Gasteiger partial charge in [-0.25, -0.2) is 0 Å². The molecule has 124 valence electrons. The highest BCUT2D eigenvalue weighted by atomic mass is 16.5. The topological polar surface area (TPSA) is 91.0 Å². The zero-order valence-corrected chi connectivity index (χ0v) is 14.0. The number of fused-ring (bicyclic) bond motifs is 2. The zero-order chi connectivity index (χ0) is 16.4. The molecule has 0 bridgehead atoms.